The van der Waals surface area contributed by atoms with E-state index in [2.05, 4.69) is 32.4 Å². The average molecular weight is 420 g/mol. The molecule has 2 aromatic heterocycles. The molecular weight excluding hydrogens is 400 g/mol. The van der Waals surface area contributed by atoms with Crippen LogP contribution in [0.3, 0.4) is 0 Å². The second-order valence-electron chi connectivity index (χ2n) is 8.00. The van der Waals surface area contributed by atoms with Gasteiger partial charge in [0.15, 0.2) is 0 Å². The first-order chi connectivity index (χ1) is 15.7. The third kappa shape index (κ3) is 3.26. The zero-order valence-electron chi connectivity index (χ0n) is 17.3. The van der Waals surface area contributed by atoms with E-state index in [9.17, 15) is 4.79 Å². The number of nitrogens with zero attached hydrogens (tertiary/aromatic N) is 2. The van der Waals surface area contributed by atoms with E-state index in [4.69, 9.17) is 4.74 Å². The van der Waals surface area contributed by atoms with E-state index < -0.39 is 0 Å². The molecule has 0 atom stereocenters. The first kappa shape index (κ1) is 18.6. The second-order valence-corrected chi connectivity index (χ2v) is 8.00. The van der Waals surface area contributed by atoms with Crippen LogP contribution in [0.25, 0.3) is 21.8 Å². The van der Waals surface area contributed by atoms with Gasteiger partial charge in [0.25, 0.3) is 5.91 Å². The lowest BCUT2D eigenvalue weighted by molar-refractivity contribution is 0.102. The van der Waals surface area contributed by atoms with E-state index >= 15 is 0 Å². The number of anilines is 1. The quantitative estimate of drug-likeness (QED) is 0.394. The summed E-state index contributed by atoms with van der Waals surface area (Å²) < 4.78 is 6.03. The van der Waals surface area contributed by atoms with Crippen LogP contribution in [0.4, 0.5) is 5.69 Å². The fourth-order valence-electron chi connectivity index (χ4n) is 4.41. The van der Waals surface area contributed by atoms with Gasteiger partial charge in [-0.1, -0.05) is 18.2 Å². The third-order valence-corrected chi connectivity index (χ3v) is 5.98. The number of aryl methyl sites for hydroxylation is 2. The van der Waals surface area contributed by atoms with E-state index in [0.29, 0.717) is 17.2 Å². The van der Waals surface area contributed by atoms with Gasteiger partial charge in [-0.05, 0) is 83.6 Å². The Bertz CT molecular complexity index is 1490. The summed E-state index contributed by atoms with van der Waals surface area (Å²) in [7, 11) is 0. The van der Waals surface area contributed by atoms with Crippen molar-refractivity contribution >= 4 is 33.4 Å². The van der Waals surface area contributed by atoms with Gasteiger partial charge >= 0.3 is 0 Å². The number of aromatic nitrogens is 3. The molecule has 0 bridgehead atoms. The van der Waals surface area contributed by atoms with Crippen molar-refractivity contribution in [3.05, 3.63) is 89.9 Å². The molecule has 0 unspecified atom stereocenters. The Kier molecular flexibility index (Phi) is 4.35. The fraction of sp³-hybridized carbons (Fsp3) is 0.115. The number of carbonyl (C=O) groups excluding carboxylic acids is 1. The summed E-state index contributed by atoms with van der Waals surface area (Å²) in [5.41, 5.74) is 4.92. The SMILES string of the molecule is O=C(Nc1ccc2c(c1)CCC2)c1cccc2cc(Oc3ncnc4[nH]ccc34)ccc12. The van der Waals surface area contributed by atoms with Crippen LogP contribution < -0.4 is 10.1 Å². The molecule has 1 aliphatic carbocycles. The number of nitrogens with one attached hydrogen (secondary N) is 2. The number of rotatable bonds is 4. The summed E-state index contributed by atoms with van der Waals surface area (Å²) in [6, 6.07) is 19.5. The van der Waals surface area contributed by atoms with Gasteiger partial charge < -0.3 is 15.0 Å². The zero-order valence-corrected chi connectivity index (χ0v) is 17.3. The predicted octanol–water partition coefficient (Wildman–Crippen LogP) is 5.64. The smallest absolute Gasteiger partial charge is 0.256 e. The number of carbonyl (C=O) groups is 1. The molecule has 6 nitrogen and oxygen atoms in total. The van der Waals surface area contributed by atoms with Crippen molar-refractivity contribution in [2.75, 3.05) is 5.32 Å². The molecule has 0 fully saturated rings. The Hall–Kier alpha value is -4.19. The maximum Gasteiger partial charge on any atom is 0.256 e. The second kappa shape index (κ2) is 7.50. The summed E-state index contributed by atoms with van der Waals surface area (Å²) in [6.07, 6.45) is 6.67. The highest BCUT2D eigenvalue weighted by Gasteiger charge is 2.15. The van der Waals surface area contributed by atoms with E-state index in [0.717, 1.165) is 40.3 Å². The minimum atomic E-state index is -0.118. The minimum absolute atomic E-state index is 0.118. The van der Waals surface area contributed by atoms with E-state index in [-0.39, 0.29) is 5.91 Å². The highest BCUT2D eigenvalue weighted by Crippen LogP contribution is 2.30. The van der Waals surface area contributed by atoms with Crippen LogP contribution in [0.5, 0.6) is 11.6 Å². The molecular formula is C26H20N4O2. The molecule has 6 rings (SSSR count). The Labute approximate surface area is 184 Å². The largest absolute Gasteiger partial charge is 0.438 e. The lowest BCUT2D eigenvalue weighted by atomic mass is 10.0. The lowest BCUT2D eigenvalue weighted by Gasteiger charge is -2.11. The van der Waals surface area contributed by atoms with Crippen molar-refractivity contribution in [3.63, 3.8) is 0 Å². The van der Waals surface area contributed by atoms with Crippen molar-refractivity contribution in [1.29, 1.82) is 0 Å². The summed E-state index contributed by atoms with van der Waals surface area (Å²) in [6.45, 7) is 0. The van der Waals surface area contributed by atoms with Crippen molar-refractivity contribution in [2.24, 2.45) is 0 Å². The normalized spacial score (nSPS) is 12.8. The van der Waals surface area contributed by atoms with Gasteiger partial charge in [-0.2, -0.15) is 0 Å². The number of H-pyrrole nitrogens is 1. The highest BCUT2D eigenvalue weighted by molar-refractivity contribution is 6.13. The van der Waals surface area contributed by atoms with Gasteiger partial charge in [-0.25, -0.2) is 9.97 Å². The van der Waals surface area contributed by atoms with Crippen LogP contribution >= 0.6 is 0 Å². The van der Waals surface area contributed by atoms with Crippen LogP contribution in [0, 0.1) is 0 Å². The monoisotopic (exact) mass is 420 g/mol. The minimum Gasteiger partial charge on any atom is -0.438 e. The Morgan fingerprint density at radius 1 is 0.938 bits per heavy atom. The number of amides is 1. The number of hydrogen-bond acceptors (Lipinski definition) is 4. The molecule has 156 valence electrons. The van der Waals surface area contributed by atoms with Gasteiger partial charge in [0.2, 0.25) is 5.88 Å². The predicted molar refractivity (Wildman–Crippen MR) is 124 cm³/mol. The molecule has 0 saturated carbocycles. The van der Waals surface area contributed by atoms with Crippen LogP contribution in [-0.4, -0.2) is 20.9 Å². The molecule has 2 N–H and O–H groups in total. The zero-order chi connectivity index (χ0) is 21.5. The molecule has 1 aliphatic rings. The molecule has 32 heavy (non-hydrogen) atoms. The Morgan fingerprint density at radius 2 is 1.88 bits per heavy atom. The summed E-state index contributed by atoms with van der Waals surface area (Å²) in [5.74, 6) is 1.02. The molecule has 5 aromatic rings. The van der Waals surface area contributed by atoms with Crippen molar-refractivity contribution < 1.29 is 9.53 Å². The number of fused-ring (bicyclic) bond motifs is 3. The van der Waals surface area contributed by atoms with Crippen LogP contribution in [0.1, 0.15) is 27.9 Å². The standard InChI is InChI=1S/C26H20N4O2/c31-25(30-19-8-7-16-3-1-4-17(16)13-19)22-6-2-5-18-14-20(9-10-21(18)22)32-26-23-11-12-27-24(23)28-15-29-26/h2,5-15H,1,3-4H2,(H,30,31)(H,27,28,29). The van der Waals surface area contributed by atoms with Gasteiger partial charge in [0.05, 0.1) is 5.39 Å². The number of hydrogen-bond donors (Lipinski definition) is 2. The maximum absolute atomic E-state index is 13.1. The van der Waals surface area contributed by atoms with Crippen molar-refractivity contribution in [3.8, 4) is 11.6 Å². The number of benzene rings is 3. The summed E-state index contributed by atoms with van der Waals surface area (Å²) in [5, 5.41) is 5.66. The van der Waals surface area contributed by atoms with E-state index in [1.165, 1.54) is 23.9 Å². The highest BCUT2D eigenvalue weighted by atomic mass is 16.5. The molecule has 1 amide bonds. The van der Waals surface area contributed by atoms with Gasteiger partial charge in [0, 0.05) is 17.4 Å². The molecule has 6 heteroatoms. The fourth-order valence-corrected chi connectivity index (χ4v) is 4.41. The van der Waals surface area contributed by atoms with Gasteiger partial charge in [-0.15, -0.1) is 0 Å². The molecule has 0 radical (unpaired) electrons. The lowest BCUT2D eigenvalue weighted by Crippen LogP contribution is -2.12. The molecule has 0 spiro atoms. The van der Waals surface area contributed by atoms with Crippen molar-refractivity contribution in [1.82, 2.24) is 15.0 Å². The summed E-state index contributed by atoms with van der Waals surface area (Å²) >= 11 is 0. The van der Waals surface area contributed by atoms with E-state index in [1.54, 1.807) is 6.20 Å². The molecule has 0 saturated heterocycles. The summed E-state index contributed by atoms with van der Waals surface area (Å²) in [4.78, 5) is 24.6. The molecule has 2 heterocycles. The molecule has 0 aliphatic heterocycles. The van der Waals surface area contributed by atoms with Crippen molar-refractivity contribution in [2.45, 2.75) is 19.3 Å². The Balaban J connectivity index is 1.29. The Morgan fingerprint density at radius 3 is 2.84 bits per heavy atom. The molecule has 3 aromatic carbocycles. The third-order valence-electron chi connectivity index (χ3n) is 5.98. The van der Waals surface area contributed by atoms with Crippen LogP contribution in [-0.2, 0) is 12.8 Å². The first-order valence-corrected chi connectivity index (χ1v) is 10.7. The number of aromatic amines is 1. The van der Waals surface area contributed by atoms with Crippen LogP contribution in [0.2, 0.25) is 0 Å². The average Bonchev–Trinajstić information content (AvgIpc) is 3.48. The van der Waals surface area contributed by atoms with Gasteiger partial charge in [0.1, 0.15) is 17.7 Å². The van der Waals surface area contributed by atoms with Crippen LogP contribution in [0.15, 0.2) is 73.2 Å². The topological polar surface area (TPSA) is 79.9 Å². The number of ether oxygens (including phenoxy) is 1. The van der Waals surface area contributed by atoms with Gasteiger partial charge in [-0.3, -0.25) is 4.79 Å². The first-order valence-electron chi connectivity index (χ1n) is 10.7. The van der Waals surface area contributed by atoms with E-state index in [1.807, 2.05) is 48.5 Å². The maximum atomic E-state index is 13.1.